The Hall–Kier alpha value is -2.43. The van der Waals surface area contributed by atoms with Gasteiger partial charge in [-0.1, -0.05) is 12.1 Å². The van der Waals surface area contributed by atoms with Crippen molar-refractivity contribution in [2.45, 2.75) is 39.0 Å². The van der Waals surface area contributed by atoms with Crippen LogP contribution in [0, 0.1) is 6.92 Å². The fourth-order valence-electron chi connectivity index (χ4n) is 3.31. The molecule has 1 aliphatic rings. The highest BCUT2D eigenvalue weighted by Crippen LogP contribution is 2.25. The fraction of sp³-hybridized carbons (Fsp3) is 0.450. The number of amides is 1. The van der Waals surface area contributed by atoms with E-state index in [2.05, 4.69) is 21.4 Å². The summed E-state index contributed by atoms with van der Waals surface area (Å²) in [7, 11) is 3.55. The number of aromatic nitrogens is 2. The zero-order valence-corrected chi connectivity index (χ0v) is 15.3. The molecular weight excluding hydrogens is 312 g/mol. The fourth-order valence-corrected chi connectivity index (χ4v) is 3.31. The highest BCUT2D eigenvalue weighted by atomic mass is 16.2. The van der Waals surface area contributed by atoms with Gasteiger partial charge in [-0.15, -0.1) is 0 Å². The second kappa shape index (κ2) is 7.64. The quantitative estimate of drug-likeness (QED) is 0.910. The van der Waals surface area contributed by atoms with Crippen molar-refractivity contribution in [1.29, 1.82) is 0 Å². The molecule has 1 N–H and O–H groups in total. The van der Waals surface area contributed by atoms with Crippen LogP contribution in [0.3, 0.4) is 0 Å². The van der Waals surface area contributed by atoms with Gasteiger partial charge in [0.25, 0.3) is 5.91 Å². The van der Waals surface area contributed by atoms with Crippen LogP contribution in [0.1, 0.15) is 45.8 Å². The third kappa shape index (κ3) is 4.16. The van der Waals surface area contributed by atoms with Crippen LogP contribution in [-0.4, -0.2) is 41.4 Å². The molecule has 5 nitrogen and oxygen atoms in total. The highest BCUT2D eigenvalue weighted by Gasteiger charge is 2.16. The Balaban J connectivity index is 1.67. The number of nitrogens with one attached hydrogen (secondary N) is 1. The number of fused-ring (bicyclic) bond motifs is 1. The second-order valence-corrected chi connectivity index (χ2v) is 6.83. The van der Waals surface area contributed by atoms with E-state index in [9.17, 15) is 4.79 Å². The average Bonchev–Trinajstić information content (AvgIpc) is 2.61. The maximum atomic E-state index is 12.1. The number of carbonyl (C=O) groups is 1. The molecule has 0 unspecified atom stereocenters. The third-order valence-corrected chi connectivity index (χ3v) is 4.58. The van der Waals surface area contributed by atoms with Crippen molar-refractivity contribution in [2.24, 2.45) is 0 Å². The summed E-state index contributed by atoms with van der Waals surface area (Å²) in [5.74, 6) is 1.86. The number of aryl methyl sites for hydroxylation is 2. The van der Waals surface area contributed by atoms with Crippen LogP contribution in [-0.2, 0) is 19.3 Å². The number of nitrogens with zero attached hydrogens (tertiary/aromatic N) is 3. The van der Waals surface area contributed by atoms with Crippen molar-refractivity contribution < 1.29 is 4.79 Å². The number of hydrogen-bond donors (Lipinski definition) is 1. The first-order valence-electron chi connectivity index (χ1n) is 8.95. The molecular formula is C20H26N4O. The Bertz CT molecular complexity index is 770. The van der Waals surface area contributed by atoms with Gasteiger partial charge in [0.2, 0.25) is 0 Å². The van der Waals surface area contributed by atoms with Gasteiger partial charge in [-0.3, -0.25) is 4.79 Å². The molecule has 0 saturated carbocycles. The van der Waals surface area contributed by atoms with Crippen molar-refractivity contribution in [3.63, 3.8) is 0 Å². The minimum Gasteiger partial charge on any atom is -0.369 e. The molecule has 1 aromatic heterocycles. The number of rotatable bonds is 5. The van der Waals surface area contributed by atoms with E-state index < -0.39 is 0 Å². The molecule has 25 heavy (non-hydrogen) atoms. The molecule has 0 saturated heterocycles. The van der Waals surface area contributed by atoms with E-state index in [1.165, 1.54) is 24.1 Å². The van der Waals surface area contributed by atoms with Crippen LogP contribution in [0.15, 0.2) is 24.3 Å². The highest BCUT2D eigenvalue weighted by molar-refractivity contribution is 5.94. The lowest BCUT2D eigenvalue weighted by Crippen LogP contribution is -2.21. The Labute approximate surface area is 149 Å². The van der Waals surface area contributed by atoms with Gasteiger partial charge >= 0.3 is 0 Å². The Morgan fingerprint density at radius 1 is 1.20 bits per heavy atom. The summed E-state index contributed by atoms with van der Waals surface area (Å²) in [6.45, 7) is 2.75. The van der Waals surface area contributed by atoms with Gasteiger partial charge in [-0.2, -0.15) is 0 Å². The van der Waals surface area contributed by atoms with Crippen LogP contribution >= 0.6 is 0 Å². The molecule has 1 heterocycles. The van der Waals surface area contributed by atoms with Gasteiger partial charge in [0.1, 0.15) is 11.6 Å². The first-order chi connectivity index (χ1) is 12.0. The number of benzene rings is 1. The summed E-state index contributed by atoms with van der Waals surface area (Å²) in [6, 6.07) is 7.85. The van der Waals surface area contributed by atoms with Crippen LogP contribution in [0.5, 0.6) is 0 Å². The summed E-state index contributed by atoms with van der Waals surface area (Å²) in [5, 5.41) is 3.49. The van der Waals surface area contributed by atoms with Gasteiger partial charge in [0, 0.05) is 37.5 Å². The Morgan fingerprint density at radius 2 is 2.00 bits per heavy atom. The van der Waals surface area contributed by atoms with Crippen LogP contribution < -0.4 is 5.32 Å². The molecule has 0 spiro atoms. The van der Waals surface area contributed by atoms with Gasteiger partial charge in [0.05, 0.1) is 0 Å². The zero-order valence-electron chi connectivity index (χ0n) is 15.3. The molecule has 1 aliphatic carbocycles. The lowest BCUT2D eigenvalue weighted by molar-refractivity contribution is 0.0827. The molecule has 132 valence electrons. The van der Waals surface area contributed by atoms with E-state index in [0.717, 1.165) is 48.6 Å². The summed E-state index contributed by atoms with van der Waals surface area (Å²) < 4.78 is 0. The van der Waals surface area contributed by atoms with E-state index in [1.54, 1.807) is 19.0 Å². The van der Waals surface area contributed by atoms with Crippen molar-refractivity contribution in [1.82, 2.24) is 14.9 Å². The number of anilines is 1. The molecule has 3 rings (SSSR count). The van der Waals surface area contributed by atoms with Crippen molar-refractivity contribution >= 4 is 11.7 Å². The molecule has 1 aromatic carbocycles. The topological polar surface area (TPSA) is 58.1 Å². The van der Waals surface area contributed by atoms with Gasteiger partial charge < -0.3 is 10.2 Å². The predicted molar refractivity (Wildman–Crippen MR) is 100 cm³/mol. The minimum absolute atomic E-state index is 0.0373. The molecule has 0 aliphatic heterocycles. The average molecular weight is 338 g/mol. The van der Waals surface area contributed by atoms with Gasteiger partial charge in [0.15, 0.2) is 0 Å². The zero-order chi connectivity index (χ0) is 17.8. The number of carbonyl (C=O) groups excluding carboxylic acids is 1. The molecule has 0 fully saturated rings. The normalized spacial score (nSPS) is 13.2. The van der Waals surface area contributed by atoms with Crippen molar-refractivity contribution in [3.8, 4) is 0 Å². The standard InChI is InChI=1S/C20H26N4O/c1-14-22-18-10-5-4-9-17(18)19(23-14)21-12-11-15-7-6-8-16(13-15)20(25)24(2)3/h6-8,13H,4-5,9-12H2,1-3H3,(H,21,22,23). The number of hydrogen-bond acceptors (Lipinski definition) is 4. The lowest BCUT2D eigenvalue weighted by Gasteiger charge is -2.19. The molecule has 2 aromatic rings. The monoisotopic (exact) mass is 338 g/mol. The Morgan fingerprint density at radius 3 is 2.80 bits per heavy atom. The van der Waals surface area contributed by atoms with E-state index in [1.807, 2.05) is 25.1 Å². The van der Waals surface area contributed by atoms with E-state index in [4.69, 9.17) is 0 Å². The van der Waals surface area contributed by atoms with E-state index >= 15 is 0 Å². The smallest absolute Gasteiger partial charge is 0.253 e. The lowest BCUT2D eigenvalue weighted by atomic mass is 9.96. The Kier molecular flexibility index (Phi) is 5.31. The maximum Gasteiger partial charge on any atom is 0.253 e. The van der Waals surface area contributed by atoms with Crippen molar-refractivity contribution in [2.75, 3.05) is 26.0 Å². The minimum atomic E-state index is 0.0373. The van der Waals surface area contributed by atoms with Crippen LogP contribution in [0.4, 0.5) is 5.82 Å². The summed E-state index contributed by atoms with van der Waals surface area (Å²) in [6.07, 6.45) is 5.40. The predicted octanol–water partition coefficient (Wildman–Crippen LogP) is 3.02. The molecule has 0 bridgehead atoms. The summed E-state index contributed by atoms with van der Waals surface area (Å²) in [5.41, 5.74) is 4.38. The maximum absolute atomic E-state index is 12.1. The second-order valence-electron chi connectivity index (χ2n) is 6.83. The largest absolute Gasteiger partial charge is 0.369 e. The first-order valence-corrected chi connectivity index (χ1v) is 8.95. The molecule has 0 atom stereocenters. The first kappa shape index (κ1) is 17.4. The SMILES string of the molecule is Cc1nc2c(c(NCCc3cccc(C(=O)N(C)C)c3)n1)CCCC2. The van der Waals surface area contributed by atoms with Crippen LogP contribution in [0.25, 0.3) is 0 Å². The van der Waals surface area contributed by atoms with E-state index in [0.29, 0.717) is 0 Å². The molecule has 5 heteroatoms. The van der Waals surface area contributed by atoms with Gasteiger partial charge in [-0.05, 0) is 56.7 Å². The van der Waals surface area contributed by atoms with Crippen LogP contribution in [0.2, 0.25) is 0 Å². The summed E-state index contributed by atoms with van der Waals surface area (Å²) >= 11 is 0. The van der Waals surface area contributed by atoms with Crippen molar-refractivity contribution in [3.05, 3.63) is 52.5 Å². The summed E-state index contributed by atoms with van der Waals surface area (Å²) in [4.78, 5) is 22.9. The van der Waals surface area contributed by atoms with E-state index in [-0.39, 0.29) is 5.91 Å². The third-order valence-electron chi connectivity index (χ3n) is 4.58. The molecule has 0 radical (unpaired) electrons. The molecule has 1 amide bonds. The van der Waals surface area contributed by atoms with Gasteiger partial charge in [-0.25, -0.2) is 9.97 Å².